The van der Waals surface area contributed by atoms with Gasteiger partial charge in [-0.2, -0.15) is 5.10 Å². The van der Waals surface area contributed by atoms with Crippen LogP contribution in [0.25, 0.3) is 10.9 Å². The van der Waals surface area contributed by atoms with E-state index in [2.05, 4.69) is 10.4 Å². The lowest BCUT2D eigenvalue weighted by Gasteiger charge is -2.08. The van der Waals surface area contributed by atoms with E-state index in [0.717, 1.165) is 34.0 Å². The molecule has 1 fully saturated rings. The molecule has 0 spiro atoms. The molecule has 138 valence electrons. The number of imide groups is 1. The van der Waals surface area contributed by atoms with Gasteiger partial charge < -0.3 is 4.74 Å². The van der Waals surface area contributed by atoms with Crippen LogP contribution in [0.4, 0.5) is 4.79 Å². The number of carbonyl (C=O) groups excluding carboxylic acids is 2. The second-order valence-corrected chi connectivity index (χ2v) is 7.79. The van der Waals surface area contributed by atoms with Gasteiger partial charge in [0.25, 0.3) is 5.24 Å². The van der Waals surface area contributed by atoms with Gasteiger partial charge >= 0.3 is 0 Å². The number of hydrogen-bond acceptors (Lipinski definition) is 5. The van der Waals surface area contributed by atoms with E-state index in [-0.39, 0.29) is 16.4 Å². The van der Waals surface area contributed by atoms with E-state index in [0.29, 0.717) is 24.6 Å². The molecule has 27 heavy (non-hydrogen) atoms. The maximum Gasteiger partial charge on any atom is 0.286 e. The van der Waals surface area contributed by atoms with Crippen LogP contribution in [0.2, 0.25) is 5.02 Å². The number of nitrogens with zero attached hydrogens (tertiary/aromatic N) is 2. The summed E-state index contributed by atoms with van der Waals surface area (Å²) in [5.74, 6) is 0.524. The molecule has 0 saturated carbocycles. The second kappa shape index (κ2) is 7.62. The Labute approximate surface area is 164 Å². The van der Waals surface area contributed by atoms with Crippen molar-refractivity contribution in [3.05, 3.63) is 59.2 Å². The van der Waals surface area contributed by atoms with Gasteiger partial charge in [-0.15, -0.1) is 0 Å². The minimum Gasteiger partial charge on any atom is -0.492 e. The molecule has 1 aromatic heterocycles. The first-order valence-electron chi connectivity index (χ1n) is 8.43. The van der Waals surface area contributed by atoms with Gasteiger partial charge in [-0.25, -0.2) is 0 Å². The smallest absolute Gasteiger partial charge is 0.286 e. The summed E-state index contributed by atoms with van der Waals surface area (Å²) in [5.41, 5.74) is 1.89. The predicted octanol–water partition coefficient (Wildman–Crippen LogP) is 3.66. The van der Waals surface area contributed by atoms with E-state index >= 15 is 0 Å². The molecule has 2 amide bonds. The van der Waals surface area contributed by atoms with Gasteiger partial charge in [-0.3, -0.25) is 19.6 Å². The average molecular weight is 402 g/mol. The molecule has 1 N–H and O–H groups in total. The highest BCUT2D eigenvalue weighted by Gasteiger charge is 2.31. The number of ether oxygens (including phenoxy) is 1. The van der Waals surface area contributed by atoms with E-state index < -0.39 is 0 Å². The van der Waals surface area contributed by atoms with Gasteiger partial charge in [0.05, 0.1) is 17.3 Å². The maximum absolute atomic E-state index is 11.6. The molecule has 2 heterocycles. The molecule has 1 aliphatic rings. The van der Waals surface area contributed by atoms with Crippen LogP contribution in [0.3, 0.4) is 0 Å². The van der Waals surface area contributed by atoms with Crippen molar-refractivity contribution in [1.82, 2.24) is 15.1 Å². The monoisotopic (exact) mass is 401 g/mol. The summed E-state index contributed by atoms with van der Waals surface area (Å²) >= 11 is 7.03. The van der Waals surface area contributed by atoms with Crippen molar-refractivity contribution >= 4 is 45.4 Å². The van der Waals surface area contributed by atoms with Gasteiger partial charge in [-0.05, 0) is 42.3 Å². The summed E-state index contributed by atoms with van der Waals surface area (Å²) in [6, 6.07) is 13.2. The zero-order valence-electron chi connectivity index (χ0n) is 14.2. The topological polar surface area (TPSA) is 73.2 Å². The van der Waals surface area contributed by atoms with Gasteiger partial charge in [-0.1, -0.05) is 35.5 Å². The van der Waals surface area contributed by atoms with Crippen molar-refractivity contribution in [3.8, 4) is 5.75 Å². The Hall–Kier alpha value is -2.51. The van der Waals surface area contributed by atoms with Crippen LogP contribution >= 0.6 is 23.4 Å². The Morgan fingerprint density at radius 2 is 2.00 bits per heavy atom. The Balaban J connectivity index is 1.30. The number of benzene rings is 2. The molecule has 0 bridgehead atoms. The standard InChI is InChI=1S/C19H16ClN3O3S/c20-14-3-6-16-13(10-14)11-23(22-16)7-8-26-15-4-1-12(2-5-15)9-17-18(24)21-19(25)27-17/h1-6,10-11,17H,7-9H2,(H,21,24,25). The lowest BCUT2D eigenvalue weighted by atomic mass is 10.1. The fourth-order valence-corrected chi connectivity index (χ4v) is 3.92. The van der Waals surface area contributed by atoms with Crippen molar-refractivity contribution < 1.29 is 14.3 Å². The van der Waals surface area contributed by atoms with Crippen LogP contribution < -0.4 is 10.1 Å². The molecule has 2 aromatic carbocycles. The van der Waals surface area contributed by atoms with Gasteiger partial charge in [0.15, 0.2) is 0 Å². The molecular weight excluding hydrogens is 386 g/mol. The van der Waals surface area contributed by atoms with Crippen molar-refractivity contribution in [2.24, 2.45) is 0 Å². The lowest BCUT2D eigenvalue weighted by molar-refractivity contribution is -0.118. The SMILES string of the molecule is O=C1NC(=O)C(Cc2ccc(OCCn3cc4cc(Cl)ccc4n3)cc2)S1. The van der Waals surface area contributed by atoms with Gasteiger partial charge in [0, 0.05) is 16.6 Å². The van der Waals surface area contributed by atoms with Gasteiger partial charge in [0.2, 0.25) is 5.91 Å². The van der Waals surface area contributed by atoms with Crippen molar-refractivity contribution in [1.29, 1.82) is 0 Å². The number of amides is 2. The number of aromatic nitrogens is 2. The molecule has 8 heteroatoms. The van der Waals surface area contributed by atoms with Crippen LogP contribution in [0, 0.1) is 0 Å². The summed E-state index contributed by atoms with van der Waals surface area (Å²) in [5, 5.41) is 7.84. The average Bonchev–Trinajstić information content (AvgIpc) is 3.18. The molecular formula is C19H16ClN3O3S. The third kappa shape index (κ3) is 4.26. The van der Waals surface area contributed by atoms with Crippen molar-refractivity contribution in [2.45, 2.75) is 18.2 Å². The fourth-order valence-electron chi connectivity index (χ4n) is 2.88. The first-order valence-corrected chi connectivity index (χ1v) is 9.68. The summed E-state index contributed by atoms with van der Waals surface area (Å²) in [6.45, 7) is 1.10. The third-order valence-corrected chi connectivity index (χ3v) is 5.43. The first kappa shape index (κ1) is 17.9. The van der Waals surface area contributed by atoms with Crippen molar-refractivity contribution in [3.63, 3.8) is 0 Å². The summed E-state index contributed by atoms with van der Waals surface area (Å²) in [7, 11) is 0. The van der Waals surface area contributed by atoms with E-state index in [1.807, 2.05) is 53.3 Å². The van der Waals surface area contributed by atoms with Crippen LogP contribution in [0.1, 0.15) is 5.56 Å². The Kier molecular flexibility index (Phi) is 5.05. The van der Waals surface area contributed by atoms with Crippen molar-refractivity contribution in [2.75, 3.05) is 6.61 Å². The fraction of sp³-hybridized carbons (Fsp3) is 0.211. The van der Waals surface area contributed by atoms with E-state index in [1.165, 1.54) is 0 Å². The molecule has 6 nitrogen and oxygen atoms in total. The summed E-state index contributed by atoms with van der Waals surface area (Å²) in [6.07, 6.45) is 2.46. The molecule has 1 aliphatic heterocycles. The largest absolute Gasteiger partial charge is 0.492 e. The van der Waals surface area contributed by atoms with Gasteiger partial charge in [0.1, 0.15) is 12.4 Å². The quantitative estimate of drug-likeness (QED) is 0.682. The summed E-state index contributed by atoms with van der Waals surface area (Å²) in [4.78, 5) is 22.8. The summed E-state index contributed by atoms with van der Waals surface area (Å²) < 4.78 is 7.60. The number of rotatable bonds is 6. The lowest BCUT2D eigenvalue weighted by Crippen LogP contribution is -2.25. The Bertz CT molecular complexity index is 1000. The number of nitrogens with one attached hydrogen (secondary N) is 1. The Morgan fingerprint density at radius 1 is 1.19 bits per heavy atom. The zero-order chi connectivity index (χ0) is 18.8. The third-order valence-electron chi connectivity index (χ3n) is 4.21. The molecule has 0 radical (unpaired) electrons. The second-order valence-electron chi connectivity index (χ2n) is 6.18. The number of carbonyl (C=O) groups is 2. The molecule has 1 unspecified atom stereocenters. The molecule has 1 saturated heterocycles. The van der Waals surface area contributed by atoms with Crippen LogP contribution in [-0.2, 0) is 17.8 Å². The predicted molar refractivity (Wildman–Crippen MR) is 105 cm³/mol. The highest BCUT2D eigenvalue weighted by atomic mass is 35.5. The first-order chi connectivity index (χ1) is 13.1. The number of halogens is 1. The number of thioether (sulfide) groups is 1. The van der Waals surface area contributed by atoms with E-state index in [4.69, 9.17) is 16.3 Å². The minimum atomic E-state index is -0.355. The normalized spacial score (nSPS) is 16.7. The molecule has 0 aliphatic carbocycles. The Morgan fingerprint density at radius 3 is 2.74 bits per heavy atom. The highest BCUT2D eigenvalue weighted by Crippen LogP contribution is 2.24. The highest BCUT2D eigenvalue weighted by molar-refractivity contribution is 8.15. The van der Waals surface area contributed by atoms with Crippen LogP contribution in [-0.4, -0.2) is 32.8 Å². The van der Waals surface area contributed by atoms with Crippen LogP contribution in [0.15, 0.2) is 48.7 Å². The maximum atomic E-state index is 11.6. The zero-order valence-corrected chi connectivity index (χ0v) is 15.8. The molecule has 3 aromatic rings. The van der Waals surface area contributed by atoms with Crippen LogP contribution in [0.5, 0.6) is 5.75 Å². The number of fused-ring (bicyclic) bond motifs is 1. The minimum absolute atomic E-state index is 0.224. The van der Waals surface area contributed by atoms with E-state index in [1.54, 1.807) is 0 Å². The molecule has 4 rings (SSSR count). The van der Waals surface area contributed by atoms with E-state index in [9.17, 15) is 9.59 Å². The molecule has 1 atom stereocenters. The number of hydrogen-bond donors (Lipinski definition) is 1.